The van der Waals surface area contributed by atoms with Gasteiger partial charge >= 0.3 is 5.69 Å². The lowest BCUT2D eigenvalue weighted by Crippen LogP contribution is -2.22. The number of hydrogen-bond donors (Lipinski definition) is 2. The van der Waals surface area contributed by atoms with E-state index in [0.29, 0.717) is 13.1 Å². The molecule has 6 nitrogen and oxygen atoms in total. The van der Waals surface area contributed by atoms with Crippen molar-refractivity contribution >= 4 is 16.6 Å². The third-order valence-electron chi connectivity index (χ3n) is 5.35. The normalized spacial score (nSPS) is 12.4. The van der Waals surface area contributed by atoms with E-state index in [1.165, 1.54) is 25.9 Å². The molecule has 1 fully saturated rings. The van der Waals surface area contributed by atoms with Crippen LogP contribution in [0, 0.1) is 12.3 Å². The van der Waals surface area contributed by atoms with Crippen LogP contribution in [0.15, 0.2) is 48.1 Å². The zero-order valence-corrected chi connectivity index (χ0v) is 21.7. The van der Waals surface area contributed by atoms with Gasteiger partial charge in [-0.3, -0.25) is 9.13 Å². The summed E-state index contributed by atoms with van der Waals surface area (Å²) >= 11 is 0. The maximum absolute atomic E-state index is 12.5. The van der Waals surface area contributed by atoms with E-state index in [4.69, 9.17) is 0 Å². The van der Waals surface area contributed by atoms with Gasteiger partial charge in [0.05, 0.1) is 28.7 Å². The zero-order chi connectivity index (χ0) is 25.5. The topological polar surface area (TPSA) is 67.6 Å². The van der Waals surface area contributed by atoms with Gasteiger partial charge in [0.25, 0.3) is 0 Å². The number of terminal acetylenes is 1. The number of imidazole rings is 2. The standard InChI is InChI=1S/C18H22N4O.C4H9N.C3H6.C3H4/c1-5-12(4)16-17(20-11-19-16)13-8-9-14-15(10-13)22(7-3)18(23)21(14)6-2;1-2-4-5-3-1;2*1-3-2/h5,8-11H,6-7H2,1-4H3,(H,19,20);5H,1-4H2;3H,1H2,2H3;1H,2H3/b12-5+;;;. The number of aromatic nitrogens is 4. The Morgan fingerprint density at radius 1 is 1.18 bits per heavy atom. The van der Waals surface area contributed by atoms with E-state index in [1.54, 1.807) is 19.3 Å². The summed E-state index contributed by atoms with van der Waals surface area (Å²) in [4.78, 5) is 20.1. The fraction of sp³-hybridized carbons (Fsp3) is 0.429. The molecule has 2 aromatic heterocycles. The minimum atomic E-state index is 0.0500. The van der Waals surface area contributed by atoms with Crippen LogP contribution in [0.4, 0.5) is 0 Å². The lowest BCUT2D eigenvalue weighted by molar-refractivity contribution is 0.671. The van der Waals surface area contributed by atoms with Crippen LogP contribution in [-0.4, -0.2) is 32.2 Å². The first-order chi connectivity index (χ1) is 16.4. The fourth-order valence-electron chi connectivity index (χ4n) is 3.66. The molecule has 3 heterocycles. The van der Waals surface area contributed by atoms with Crippen LogP contribution in [-0.2, 0) is 13.1 Å². The summed E-state index contributed by atoms with van der Waals surface area (Å²) in [6, 6.07) is 6.12. The molecule has 0 saturated carbocycles. The predicted octanol–water partition coefficient (Wildman–Crippen LogP) is 5.86. The van der Waals surface area contributed by atoms with Crippen LogP contribution in [0.3, 0.4) is 0 Å². The lowest BCUT2D eigenvalue weighted by Gasteiger charge is -2.05. The SMILES string of the molecule is C#CC.C/C=C(\C)c1[nH]cnc1-c1ccc2c(c1)n(CC)c(=O)n2CC.C1CCNC1.C=CC. The van der Waals surface area contributed by atoms with Crippen LogP contribution in [0.25, 0.3) is 27.9 Å². The second-order valence-corrected chi connectivity index (χ2v) is 7.73. The zero-order valence-electron chi connectivity index (χ0n) is 21.7. The van der Waals surface area contributed by atoms with E-state index in [1.807, 2.05) is 49.0 Å². The van der Waals surface area contributed by atoms with Crippen LogP contribution < -0.4 is 11.0 Å². The minimum Gasteiger partial charge on any atom is -0.344 e. The summed E-state index contributed by atoms with van der Waals surface area (Å²) in [5, 5.41) is 3.22. The van der Waals surface area contributed by atoms with Gasteiger partial charge in [0, 0.05) is 18.7 Å². The molecule has 0 unspecified atom stereocenters. The summed E-state index contributed by atoms with van der Waals surface area (Å²) in [6.07, 6.45) is 12.9. The highest BCUT2D eigenvalue weighted by Gasteiger charge is 2.15. The molecule has 6 heteroatoms. The number of nitrogens with one attached hydrogen (secondary N) is 2. The highest BCUT2D eigenvalue weighted by Crippen LogP contribution is 2.28. The van der Waals surface area contributed by atoms with Crippen molar-refractivity contribution < 1.29 is 0 Å². The molecule has 2 N–H and O–H groups in total. The number of fused-ring (bicyclic) bond motifs is 1. The average molecular weight is 464 g/mol. The molecule has 4 rings (SSSR count). The molecular formula is C28H41N5O. The van der Waals surface area contributed by atoms with Crippen molar-refractivity contribution in [2.24, 2.45) is 0 Å². The third-order valence-corrected chi connectivity index (χ3v) is 5.35. The van der Waals surface area contributed by atoms with Gasteiger partial charge < -0.3 is 10.3 Å². The second-order valence-electron chi connectivity index (χ2n) is 7.73. The van der Waals surface area contributed by atoms with Crippen molar-refractivity contribution in [3.8, 4) is 23.6 Å². The van der Waals surface area contributed by atoms with Crippen molar-refractivity contribution in [1.82, 2.24) is 24.4 Å². The van der Waals surface area contributed by atoms with E-state index in [-0.39, 0.29) is 5.69 Å². The number of allylic oxidation sites excluding steroid dienone is 3. The molecule has 34 heavy (non-hydrogen) atoms. The van der Waals surface area contributed by atoms with E-state index in [9.17, 15) is 4.79 Å². The molecule has 1 aromatic carbocycles. The number of rotatable bonds is 4. The van der Waals surface area contributed by atoms with Crippen LogP contribution in [0.1, 0.15) is 60.1 Å². The molecule has 0 amide bonds. The molecule has 1 aliphatic rings. The molecule has 0 spiro atoms. The quantitative estimate of drug-likeness (QED) is 0.376. The van der Waals surface area contributed by atoms with Crippen molar-refractivity contribution in [3.05, 3.63) is 59.4 Å². The van der Waals surface area contributed by atoms with Gasteiger partial charge in [0.15, 0.2) is 0 Å². The predicted molar refractivity (Wildman–Crippen MR) is 147 cm³/mol. The van der Waals surface area contributed by atoms with E-state index in [0.717, 1.165) is 33.6 Å². The second kappa shape index (κ2) is 15.5. The van der Waals surface area contributed by atoms with Crippen LogP contribution >= 0.6 is 0 Å². The number of aryl methyl sites for hydroxylation is 2. The lowest BCUT2D eigenvalue weighted by atomic mass is 10.1. The first-order valence-electron chi connectivity index (χ1n) is 12.0. The first kappa shape index (κ1) is 28.7. The van der Waals surface area contributed by atoms with Gasteiger partial charge in [-0.15, -0.1) is 18.9 Å². The summed E-state index contributed by atoms with van der Waals surface area (Å²) in [5.74, 6) is 2.25. The molecule has 184 valence electrons. The number of aromatic amines is 1. The van der Waals surface area contributed by atoms with Gasteiger partial charge in [0.2, 0.25) is 0 Å². The monoisotopic (exact) mass is 463 g/mol. The average Bonchev–Trinajstić information content (AvgIpc) is 3.60. The van der Waals surface area contributed by atoms with Crippen molar-refractivity contribution in [2.75, 3.05) is 13.1 Å². The Labute approximate surface area is 204 Å². The summed E-state index contributed by atoms with van der Waals surface area (Å²) < 4.78 is 3.63. The van der Waals surface area contributed by atoms with Crippen molar-refractivity contribution in [1.29, 1.82) is 0 Å². The Balaban J connectivity index is 0.000000438. The molecule has 0 bridgehead atoms. The highest BCUT2D eigenvalue weighted by molar-refractivity contribution is 5.85. The molecule has 0 aliphatic carbocycles. The largest absolute Gasteiger partial charge is 0.344 e. The van der Waals surface area contributed by atoms with Gasteiger partial charge in [0.1, 0.15) is 0 Å². The van der Waals surface area contributed by atoms with Gasteiger partial charge in [-0.1, -0.05) is 18.2 Å². The van der Waals surface area contributed by atoms with Crippen molar-refractivity contribution in [2.45, 2.75) is 67.5 Å². The van der Waals surface area contributed by atoms with E-state index < -0.39 is 0 Å². The molecule has 0 atom stereocenters. The number of benzene rings is 1. The number of H-pyrrole nitrogens is 1. The Morgan fingerprint density at radius 2 is 1.74 bits per heavy atom. The maximum Gasteiger partial charge on any atom is 0.329 e. The van der Waals surface area contributed by atoms with E-state index >= 15 is 0 Å². The Bertz CT molecular complexity index is 1140. The Morgan fingerprint density at radius 3 is 2.21 bits per heavy atom. The third kappa shape index (κ3) is 7.36. The maximum atomic E-state index is 12.5. The summed E-state index contributed by atoms with van der Waals surface area (Å²) in [5.41, 5.74) is 6.09. The number of hydrogen-bond acceptors (Lipinski definition) is 3. The van der Waals surface area contributed by atoms with E-state index in [2.05, 4.69) is 53.3 Å². The smallest absolute Gasteiger partial charge is 0.329 e. The van der Waals surface area contributed by atoms with Gasteiger partial charge in [-0.25, -0.2) is 9.78 Å². The Kier molecular flexibility index (Phi) is 13.1. The summed E-state index contributed by atoms with van der Waals surface area (Å²) in [6.45, 7) is 18.8. The number of nitrogens with zero attached hydrogens (tertiary/aromatic N) is 3. The fourth-order valence-corrected chi connectivity index (χ4v) is 3.66. The van der Waals surface area contributed by atoms with Crippen molar-refractivity contribution in [3.63, 3.8) is 0 Å². The Hall–Kier alpha value is -3.30. The molecule has 0 radical (unpaired) electrons. The first-order valence-corrected chi connectivity index (χ1v) is 12.0. The molecule has 1 saturated heterocycles. The summed E-state index contributed by atoms with van der Waals surface area (Å²) in [7, 11) is 0. The van der Waals surface area contributed by atoms with Gasteiger partial charge in [-0.2, -0.15) is 0 Å². The van der Waals surface area contributed by atoms with Gasteiger partial charge in [-0.05, 0) is 85.2 Å². The van der Waals surface area contributed by atoms with Crippen LogP contribution in [0.2, 0.25) is 0 Å². The minimum absolute atomic E-state index is 0.0500. The molecule has 1 aliphatic heterocycles. The molecular weight excluding hydrogens is 422 g/mol. The highest BCUT2D eigenvalue weighted by atomic mass is 16.1. The molecule has 3 aromatic rings. The van der Waals surface area contributed by atoms with Crippen LogP contribution in [0.5, 0.6) is 0 Å².